The van der Waals surface area contributed by atoms with E-state index in [1.54, 1.807) is 0 Å². The first-order valence-electron chi connectivity index (χ1n) is 4.50. The number of hydrogen-bond donors (Lipinski definition) is 3. The second kappa shape index (κ2) is 5.05. The van der Waals surface area contributed by atoms with Crippen LogP contribution in [0.25, 0.3) is 0 Å². The predicted molar refractivity (Wildman–Crippen MR) is 58.9 cm³/mol. The number of halogens is 1. The summed E-state index contributed by atoms with van der Waals surface area (Å²) in [5.74, 6) is -1.07. The molecule has 1 unspecified atom stereocenters. The summed E-state index contributed by atoms with van der Waals surface area (Å²) in [6.45, 7) is 0. The highest BCUT2D eigenvalue weighted by molar-refractivity contribution is 6.31. The van der Waals surface area contributed by atoms with Crippen molar-refractivity contribution in [3.05, 3.63) is 22.7 Å². The summed E-state index contributed by atoms with van der Waals surface area (Å²) in [5, 5.41) is 18.6. The monoisotopic (exact) mass is 245 g/mol. The Kier molecular flexibility index (Phi) is 3.98. The van der Waals surface area contributed by atoms with Crippen LogP contribution in [0.2, 0.25) is 5.02 Å². The maximum absolute atomic E-state index is 10.5. The molecule has 0 aliphatic rings. The summed E-state index contributed by atoms with van der Waals surface area (Å²) in [5.41, 5.74) is 5.82. The van der Waals surface area contributed by atoms with Crippen molar-refractivity contribution in [1.29, 1.82) is 0 Å². The van der Waals surface area contributed by atoms with Crippen LogP contribution in [0.3, 0.4) is 0 Å². The lowest BCUT2D eigenvalue weighted by Gasteiger charge is -2.15. The van der Waals surface area contributed by atoms with Gasteiger partial charge < -0.3 is 20.7 Å². The summed E-state index contributed by atoms with van der Waals surface area (Å²) in [7, 11) is 1.38. The van der Waals surface area contributed by atoms with Gasteiger partial charge in [0.1, 0.15) is 0 Å². The van der Waals surface area contributed by atoms with Gasteiger partial charge in [-0.15, -0.1) is 0 Å². The molecule has 1 aromatic rings. The number of rotatable bonds is 4. The second-order valence-electron chi connectivity index (χ2n) is 3.22. The van der Waals surface area contributed by atoms with Gasteiger partial charge in [0, 0.05) is 16.6 Å². The molecular formula is C10H12ClNO4. The van der Waals surface area contributed by atoms with Crippen LogP contribution in [-0.4, -0.2) is 23.3 Å². The minimum atomic E-state index is -1.06. The Hall–Kier alpha value is -1.46. The van der Waals surface area contributed by atoms with E-state index in [0.29, 0.717) is 0 Å². The van der Waals surface area contributed by atoms with Gasteiger partial charge in [-0.05, 0) is 12.1 Å². The lowest BCUT2D eigenvalue weighted by atomic mass is 10.0. The van der Waals surface area contributed by atoms with E-state index in [2.05, 4.69) is 0 Å². The molecule has 5 nitrogen and oxygen atoms in total. The lowest BCUT2D eigenvalue weighted by Crippen LogP contribution is -2.15. The molecule has 1 rings (SSSR count). The lowest BCUT2D eigenvalue weighted by molar-refractivity contribution is -0.137. The largest absolute Gasteiger partial charge is 0.504 e. The Morgan fingerprint density at radius 2 is 2.25 bits per heavy atom. The molecule has 0 bridgehead atoms. The SMILES string of the molecule is COc1ccc(Cl)c(C(N)CC(=O)O)c1O. The molecule has 1 atom stereocenters. The van der Waals surface area contributed by atoms with Crippen molar-refractivity contribution in [2.45, 2.75) is 12.5 Å². The van der Waals surface area contributed by atoms with Gasteiger partial charge in [0.15, 0.2) is 11.5 Å². The van der Waals surface area contributed by atoms with Gasteiger partial charge in [-0.2, -0.15) is 0 Å². The summed E-state index contributed by atoms with van der Waals surface area (Å²) >= 11 is 5.85. The minimum Gasteiger partial charge on any atom is -0.504 e. The number of carbonyl (C=O) groups is 1. The molecule has 1 aromatic carbocycles. The van der Waals surface area contributed by atoms with Gasteiger partial charge >= 0.3 is 5.97 Å². The van der Waals surface area contributed by atoms with E-state index < -0.39 is 12.0 Å². The molecule has 6 heteroatoms. The number of hydrogen-bond acceptors (Lipinski definition) is 4. The average Bonchev–Trinajstić information content (AvgIpc) is 2.16. The molecule has 4 N–H and O–H groups in total. The Labute approximate surface area is 97.4 Å². The van der Waals surface area contributed by atoms with Gasteiger partial charge in [0.2, 0.25) is 0 Å². The third-order valence-electron chi connectivity index (χ3n) is 2.11. The number of carboxylic acids is 1. The quantitative estimate of drug-likeness (QED) is 0.748. The number of phenols is 1. The summed E-state index contributed by atoms with van der Waals surface area (Å²) in [6.07, 6.45) is -0.319. The predicted octanol–water partition coefficient (Wildman–Crippen LogP) is 1.53. The third-order valence-corrected chi connectivity index (χ3v) is 2.44. The van der Waals surface area contributed by atoms with Crippen LogP contribution in [0, 0.1) is 0 Å². The molecule has 0 fully saturated rings. The van der Waals surface area contributed by atoms with E-state index in [1.807, 2.05) is 0 Å². The first kappa shape index (κ1) is 12.6. The summed E-state index contributed by atoms with van der Waals surface area (Å²) in [6, 6.07) is 2.10. The number of phenolic OH excluding ortho intramolecular Hbond substituents is 1. The highest BCUT2D eigenvalue weighted by Crippen LogP contribution is 2.38. The smallest absolute Gasteiger partial charge is 0.305 e. The Morgan fingerprint density at radius 1 is 1.62 bits per heavy atom. The van der Waals surface area contributed by atoms with E-state index in [4.69, 9.17) is 27.2 Å². The van der Waals surface area contributed by atoms with Crippen LogP contribution in [0.1, 0.15) is 18.0 Å². The van der Waals surface area contributed by atoms with Crippen molar-refractivity contribution in [3.63, 3.8) is 0 Å². The van der Waals surface area contributed by atoms with Crippen molar-refractivity contribution < 1.29 is 19.7 Å². The number of benzene rings is 1. The van der Waals surface area contributed by atoms with Gasteiger partial charge in [0.05, 0.1) is 13.5 Å². The summed E-state index contributed by atoms with van der Waals surface area (Å²) < 4.78 is 4.88. The fourth-order valence-electron chi connectivity index (χ4n) is 1.37. The fourth-order valence-corrected chi connectivity index (χ4v) is 1.66. The molecule has 0 saturated heterocycles. The Morgan fingerprint density at radius 3 is 2.75 bits per heavy atom. The average molecular weight is 246 g/mol. The van der Waals surface area contributed by atoms with E-state index in [1.165, 1.54) is 19.2 Å². The maximum atomic E-state index is 10.5. The van der Waals surface area contributed by atoms with E-state index >= 15 is 0 Å². The minimum absolute atomic E-state index is 0.184. The second-order valence-corrected chi connectivity index (χ2v) is 3.62. The summed E-state index contributed by atoms with van der Waals surface area (Å²) in [4.78, 5) is 10.5. The maximum Gasteiger partial charge on any atom is 0.305 e. The van der Waals surface area contributed by atoms with Crippen LogP contribution in [0.15, 0.2) is 12.1 Å². The molecule has 0 amide bonds. The van der Waals surface area contributed by atoms with E-state index in [-0.39, 0.29) is 28.5 Å². The topological polar surface area (TPSA) is 92.8 Å². The zero-order valence-corrected chi connectivity index (χ0v) is 9.36. The molecule has 0 saturated carbocycles. The molecule has 88 valence electrons. The van der Waals surface area contributed by atoms with Crippen molar-refractivity contribution in [2.24, 2.45) is 5.73 Å². The van der Waals surface area contributed by atoms with Crippen molar-refractivity contribution >= 4 is 17.6 Å². The number of carboxylic acid groups (broad SMARTS) is 1. The number of aromatic hydroxyl groups is 1. The molecule has 0 spiro atoms. The molecule has 0 aromatic heterocycles. The van der Waals surface area contributed by atoms with Crippen LogP contribution in [0.4, 0.5) is 0 Å². The zero-order chi connectivity index (χ0) is 12.3. The van der Waals surface area contributed by atoms with Gasteiger partial charge in [-0.25, -0.2) is 0 Å². The highest BCUT2D eigenvalue weighted by atomic mass is 35.5. The molecule has 0 heterocycles. The van der Waals surface area contributed by atoms with Crippen molar-refractivity contribution in [1.82, 2.24) is 0 Å². The van der Waals surface area contributed by atoms with Gasteiger partial charge in [-0.3, -0.25) is 4.79 Å². The standard InChI is InChI=1S/C10H12ClNO4/c1-16-7-3-2-5(11)9(10(7)15)6(12)4-8(13)14/h2-3,6,15H,4,12H2,1H3,(H,13,14). The first-order valence-corrected chi connectivity index (χ1v) is 4.88. The number of ether oxygens (including phenoxy) is 1. The molecule has 0 radical (unpaired) electrons. The Bertz CT molecular complexity index is 408. The first-order chi connectivity index (χ1) is 7.47. The van der Waals surface area contributed by atoms with Gasteiger partial charge in [0.25, 0.3) is 0 Å². The molecule has 0 aliphatic carbocycles. The van der Waals surface area contributed by atoms with Crippen LogP contribution < -0.4 is 10.5 Å². The normalized spacial score (nSPS) is 12.2. The molecule has 0 aliphatic heterocycles. The molecular weight excluding hydrogens is 234 g/mol. The third kappa shape index (κ3) is 2.56. The highest BCUT2D eigenvalue weighted by Gasteiger charge is 2.20. The van der Waals surface area contributed by atoms with Crippen LogP contribution in [-0.2, 0) is 4.79 Å². The zero-order valence-electron chi connectivity index (χ0n) is 8.61. The van der Waals surface area contributed by atoms with Gasteiger partial charge in [-0.1, -0.05) is 11.6 Å². The van der Waals surface area contributed by atoms with Crippen LogP contribution in [0.5, 0.6) is 11.5 Å². The molecule has 16 heavy (non-hydrogen) atoms. The van der Waals surface area contributed by atoms with Crippen molar-refractivity contribution in [3.8, 4) is 11.5 Å². The van der Waals surface area contributed by atoms with E-state index in [9.17, 15) is 9.90 Å². The van der Waals surface area contributed by atoms with Crippen LogP contribution >= 0.6 is 11.6 Å². The number of nitrogens with two attached hydrogens (primary N) is 1. The Balaban J connectivity index is 3.15. The fraction of sp³-hybridized carbons (Fsp3) is 0.300. The van der Waals surface area contributed by atoms with Crippen molar-refractivity contribution in [2.75, 3.05) is 7.11 Å². The van der Waals surface area contributed by atoms with E-state index in [0.717, 1.165) is 0 Å². The number of aliphatic carboxylic acids is 1. The number of methoxy groups -OCH3 is 1.